The van der Waals surface area contributed by atoms with Crippen molar-refractivity contribution in [2.24, 2.45) is 0 Å². The van der Waals surface area contributed by atoms with Gasteiger partial charge in [-0.05, 0) is 89.5 Å². The number of hydrogen-bond donors (Lipinski definition) is 1. The lowest BCUT2D eigenvalue weighted by atomic mass is 10.0. The number of nitro groups is 2. The Morgan fingerprint density at radius 2 is 1.65 bits per heavy atom. The number of rotatable bonds is 7. The molecule has 0 saturated carbocycles. The highest BCUT2D eigenvalue weighted by atomic mass is 127. The number of imide groups is 2. The van der Waals surface area contributed by atoms with E-state index in [2.05, 4.69) is 5.32 Å². The Balaban J connectivity index is 1.72. The van der Waals surface area contributed by atoms with Gasteiger partial charge in [-0.1, -0.05) is 6.07 Å². The van der Waals surface area contributed by atoms with Crippen LogP contribution in [-0.2, 0) is 9.59 Å². The molecule has 14 heteroatoms. The van der Waals surface area contributed by atoms with Crippen LogP contribution in [-0.4, -0.2) is 34.8 Å². The largest absolute Gasteiger partial charge is 0.493 e. The van der Waals surface area contributed by atoms with Gasteiger partial charge in [-0.15, -0.1) is 0 Å². The van der Waals surface area contributed by atoms with Gasteiger partial charge in [-0.3, -0.25) is 35.1 Å². The van der Waals surface area contributed by atoms with Gasteiger partial charge in [0.1, 0.15) is 5.57 Å². The topological polar surface area (TPSA) is 171 Å². The molecule has 1 aliphatic heterocycles. The average molecular weight is 658 g/mol. The molecule has 0 spiro atoms. The molecule has 13 nitrogen and oxygen atoms in total. The maximum absolute atomic E-state index is 13.3. The number of urea groups is 1. The second kappa shape index (κ2) is 11.1. The number of ether oxygens (including phenoxy) is 2. The molecular weight excluding hydrogens is 639 g/mol. The first-order valence-corrected chi connectivity index (χ1v) is 12.5. The summed E-state index contributed by atoms with van der Waals surface area (Å²) in [7, 11) is 1.32. The number of barbiturate groups is 1. The molecule has 1 heterocycles. The number of methoxy groups -OCH3 is 1. The number of benzene rings is 3. The summed E-state index contributed by atoms with van der Waals surface area (Å²) in [6.07, 6.45) is 1.28. The molecule has 0 bridgehead atoms. The summed E-state index contributed by atoms with van der Waals surface area (Å²) < 4.78 is 11.5. The number of nitro benzene ring substituents is 2. The van der Waals surface area contributed by atoms with Gasteiger partial charge in [0.2, 0.25) is 5.75 Å². The van der Waals surface area contributed by atoms with E-state index in [1.54, 1.807) is 18.2 Å². The van der Waals surface area contributed by atoms with Crippen LogP contribution in [0.5, 0.6) is 17.2 Å². The average Bonchev–Trinajstić information content (AvgIpc) is 2.89. The van der Waals surface area contributed by atoms with Crippen molar-refractivity contribution in [1.82, 2.24) is 5.32 Å². The van der Waals surface area contributed by atoms with Gasteiger partial charge >= 0.3 is 11.7 Å². The highest BCUT2D eigenvalue weighted by Crippen LogP contribution is 2.41. The van der Waals surface area contributed by atoms with Crippen molar-refractivity contribution in [3.8, 4) is 17.2 Å². The fraction of sp³-hybridized carbons (Fsp3) is 0.115. The predicted molar refractivity (Wildman–Crippen MR) is 150 cm³/mol. The molecule has 1 aliphatic rings. The Hall–Kier alpha value is -4.86. The number of nitrogens with one attached hydrogen (secondary N) is 1. The molecule has 3 aromatic rings. The number of nitrogens with zero attached hydrogens (tertiary/aromatic N) is 3. The Bertz CT molecular complexity index is 1650. The maximum Gasteiger partial charge on any atom is 0.335 e. The molecule has 1 N–H and O–H groups in total. The highest BCUT2D eigenvalue weighted by molar-refractivity contribution is 14.1. The Morgan fingerprint density at radius 1 is 0.925 bits per heavy atom. The summed E-state index contributed by atoms with van der Waals surface area (Å²) >= 11 is 1.87. The molecule has 0 radical (unpaired) electrons. The minimum absolute atomic E-state index is 0.0635. The minimum atomic E-state index is -0.883. The van der Waals surface area contributed by atoms with Crippen LogP contribution in [0.3, 0.4) is 0 Å². The summed E-state index contributed by atoms with van der Waals surface area (Å²) in [5.41, 5.74) is 1.03. The lowest BCUT2D eigenvalue weighted by molar-refractivity contribution is -0.394. The van der Waals surface area contributed by atoms with Gasteiger partial charge in [0, 0.05) is 6.07 Å². The second-order valence-corrected chi connectivity index (χ2v) is 9.69. The Morgan fingerprint density at radius 3 is 2.27 bits per heavy atom. The maximum atomic E-state index is 13.3. The number of anilines is 1. The smallest absolute Gasteiger partial charge is 0.335 e. The van der Waals surface area contributed by atoms with Crippen molar-refractivity contribution in [2.75, 3.05) is 12.0 Å². The fourth-order valence-corrected chi connectivity index (χ4v) is 4.54. The first-order chi connectivity index (χ1) is 18.9. The number of halogens is 1. The molecule has 0 unspecified atom stereocenters. The quantitative estimate of drug-likeness (QED) is 0.118. The van der Waals surface area contributed by atoms with Crippen LogP contribution in [0, 0.1) is 37.6 Å². The zero-order valence-corrected chi connectivity index (χ0v) is 23.2. The zero-order valence-electron chi connectivity index (χ0n) is 21.1. The van der Waals surface area contributed by atoms with Crippen LogP contribution in [0.4, 0.5) is 21.9 Å². The van der Waals surface area contributed by atoms with E-state index in [0.717, 1.165) is 34.2 Å². The molecule has 0 aromatic heterocycles. The van der Waals surface area contributed by atoms with Gasteiger partial charge in [0.15, 0.2) is 11.5 Å². The Labute approximate surface area is 239 Å². The van der Waals surface area contributed by atoms with Gasteiger partial charge in [-0.2, -0.15) is 0 Å². The zero-order chi connectivity index (χ0) is 29.3. The van der Waals surface area contributed by atoms with Crippen LogP contribution >= 0.6 is 22.6 Å². The number of non-ortho nitro benzene ring substituents is 1. The van der Waals surface area contributed by atoms with E-state index < -0.39 is 39.1 Å². The van der Waals surface area contributed by atoms with E-state index in [1.807, 2.05) is 36.4 Å². The molecular formula is C26H19IN4O9. The number of aryl methyl sites for hydroxylation is 2. The third-order valence-corrected chi connectivity index (χ3v) is 6.78. The Kier molecular flexibility index (Phi) is 7.81. The van der Waals surface area contributed by atoms with Gasteiger partial charge < -0.3 is 9.47 Å². The van der Waals surface area contributed by atoms with Crippen molar-refractivity contribution in [1.29, 1.82) is 0 Å². The summed E-state index contributed by atoms with van der Waals surface area (Å²) in [4.78, 5) is 60.3. The molecule has 0 aliphatic carbocycles. The molecule has 4 amide bonds. The summed E-state index contributed by atoms with van der Waals surface area (Å²) in [5, 5.41) is 24.7. The van der Waals surface area contributed by atoms with Crippen molar-refractivity contribution in [2.45, 2.75) is 13.8 Å². The van der Waals surface area contributed by atoms with E-state index in [1.165, 1.54) is 25.3 Å². The normalized spacial score (nSPS) is 14.2. The van der Waals surface area contributed by atoms with Gasteiger partial charge in [0.05, 0.1) is 32.3 Å². The number of hydrogen-bond acceptors (Lipinski definition) is 9. The van der Waals surface area contributed by atoms with E-state index >= 15 is 0 Å². The molecule has 3 aromatic carbocycles. The monoisotopic (exact) mass is 658 g/mol. The summed E-state index contributed by atoms with van der Waals surface area (Å²) in [5.74, 6) is -1.81. The predicted octanol–water partition coefficient (Wildman–Crippen LogP) is 5.19. The third-order valence-electron chi connectivity index (χ3n) is 5.98. The van der Waals surface area contributed by atoms with E-state index in [-0.39, 0.29) is 22.8 Å². The van der Waals surface area contributed by atoms with Crippen LogP contribution in [0.25, 0.3) is 6.08 Å². The van der Waals surface area contributed by atoms with Crippen molar-refractivity contribution in [3.63, 3.8) is 0 Å². The summed E-state index contributed by atoms with van der Waals surface area (Å²) in [6, 6.07) is 10.0. The van der Waals surface area contributed by atoms with Crippen molar-refractivity contribution in [3.05, 3.63) is 94.6 Å². The minimum Gasteiger partial charge on any atom is -0.493 e. The second-order valence-electron chi connectivity index (χ2n) is 8.53. The molecule has 40 heavy (non-hydrogen) atoms. The van der Waals surface area contributed by atoms with Crippen LogP contribution in [0.1, 0.15) is 16.7 Å². The lowest BCUT2D eigenvalue weighted by Gasteiger charge is -2.27. The SMILES string of the molecule is COc1cc(/C=C2\C(=O)NC(=O)N(c3ccc(C)c(C)c3)C2=O)cc(I)c1Oc1ccc([N+](=O)[O-])cc1[N+](=O)[O-]. The fourth-order valence-electron chi connectivity index (χ4n) is 3.80. The molecule has 204 valence electrons. The van der Waals surface area contributed by atoms with E-state index in [0.29, 0.717) is 14.8 Å². The van der Waals surface area contributed by atoms with Crippen molar-refractivity contribution >= 4 is 63.6 Å². The highest BCUT2D eigenvalue weighted by Gasteiger charge is 2.37. The first-order valence-electron chi connectivity index (χ1n) is 11.4. The van der Waals surface area contributed by atoms with Crippen LogP contribution < -0.4 is 19.7 Å². The third kappa shape index (κ3) is 5.47. The molecule has 4 rings (SSSR count). The lowest BCUT2D eigenvalue weighted by Crippen LogP contribution is -2.54. The number of carbonyl (C=O) groups excluding carboxylic acids is 3. The van der Waals surface area contributed by atoms with Crippen LogP contribution in [0.2, 0.25) is 0 Å². The van der Waals surface area contributed by atoms with E-state index in [4.69, 9.17) is 9.47 Å². The van der Waals surface area contributed by atoms with Gasteiger partial charge in [-0.25, -0.2) is 9.69 Å². The van der Waals surface area contributed by atoms with Crippen molar-refractivity contribution < 1.29 is 33.7 Å². The number of carbonyl (C=O) groups is 3. The van der Waals surface area contributed by atoms with Gasteiger partial charge in [0.25, 0.3) is 17.5 Å². The van der Waals surface area contributed by atoms with Crippen LogP contribution in [0.15, 0.2) is 54.1 Å². The molecule has 1 saturated heterocycles. The molecule has 0 atom stereocenters. The molecule has 1 fully saturated rings. The van der Waals surface area contributed by atoms with E-state index in [9.17, 15) is 34.6 Å². The first kappa shape index (κ1) is 28.2. The summed E-state index contributed by atoms with van der Waals surface area (Å²) in [6.45, 7) is 3.71. The standard InChI is InChI=1S/C26H19IN4O9/c1-13-4-5-16(8-14(13)2)29-25(33)18(24(32)28-26(29)34)9-15-10-19(27)23(22(11-15)39-3)40-21-7-6-17(30(35)36)12-20(21)31(37)38/h4-12H,1-3H3,(H,28,32,34)/b18-9+. The number of amides is 4.